The van der Waals surface area contributed by atoms with Crippen LogP contribution in [0.25, 0.3) is 0 Å². The van der Waals surface area contributed by atoms with E-state index in [4.69, 9.17) is 11.6 Å². The van der Waals surface area contributed by atoms with Gasteiger partial charge in [0.2, 0.25) is 0 Å². The monoisotopic (exact) mass is 335 g/mol. The molecule has 0 saturated carbocycles. The molecule has 1 unspecified atom stereocenters. The molecule has 1 nitrogen and oxygen atoms in total. The molecule has 0 aliphatic heterocycles. The molecule has 0 spiro atoms. The number of nitrogens with one attached hydrogen (secondary N) is 1. The molecule has 4 heteroatoms. The number of rotatable bonds is 8. The van der Waals surface area contributed by atoms with Crippen LogP contribution < -0.4 is 5.32 Å². The topological polar surface area (TPSA) is 12.0 Å². The summed E-state index contributed by atoms with van der Waals surface area (Å²) >= 11 is 9.13. The third kappa shape index (κ3) is 5.68. The van der Waals surface area contributed by atoms with Crippen molar-refractivity contribution in [2.75, 3.05) is 12.4 Å². The first-order valence-corrected chi connectivity index (χ1v) is 7.70. The Morgan fingerprint density at radius 1 is 1.39 bits per heavy atom. The highest BCUT2D eigenvalue weighted by molar-refractivity contribution is 9.10. The summed E-state index contributed by atoms with van der Waals surface area (Å²) in [4.78, 5) is 0. The molecule has 1 aromatic carbocycles. The van der Waals surface area contributed by atoms with Crippen molar-refractivity contribution >= 4 is 27.5 Å². The summed E-state index contributed by atoms with van der Waals surface area (Å²) in [6.45, 7) is 3.63. The summed E-state index contributed by atoms with van der Waals surface area (Å²) in [6.07, 6.45) is 3.35. The van der Waals surface area contributed by atoms with E-state index in [0.717, 1.165) is 23.9 Å². The fraction of sp³-hybridized carbons (Fsp3) is 0.571. The number of halogens is 3. The number of hydrogen-bond acceptors (Lipinski definition) is 1. The summed E-state index contributed by atoms with van der Waals surface area (Å²) < 4.78 is 14.4. The average Bonchev–Trinajstić information content (AvgIpc) is 2.34. The Morgan fingerprint density at radius 2 is 2.17 bits per heavy atom. The van der Waals surface area contributed by atoms with Crippen molar-refractivity contribution in [3.05, 3.63) is 34.1 Å². The van der Waals surface area contributed by atoms with Crippen molar-refractivity contribution in [2.24, 2.45) is 5.92 Å². The normalized spacial score (nSPS) is 12.7. The Bertz CT molecular complexity index is 354. The van der Waals surface area contributed by atoms with E-state index in [9.17, 15) is 4.39 Å². The molecule has 0 fully saturated rings. The SMILES string of the molecule is CCCC(CCCl)CNCc1cc(Br)ccc1F. The lowest BCUT2D eigenvalue weighted by molar-refractivity contribution is 0.428. The van der Waals surface area contributed by atoms with Gasteiger partial charge in [-0.25, -0.2) is 4.39 Å². The van der Waals surface area contributed by atoms with Crippen LogP contribution >= 0.6 is 27.5 Å². The van der Waals surface area contributed by atoms with Crippen molar-refractivity contribution in [3.8, 4) is 0 Å². The van der Waals surface area contributed by atoms with Crippen LogP contribution in [0.5, 0.6) is 0 Å². The molecule has 0 bridgehead atoms. The molecule has 1 atom stereocenters. The van der Waals surface area contributed by atoms with Gasteiger partial charge in [-0.1, -0.05) is 29.3 Å². The maximum Gasteiger partial charge on any atom is 0.127 e. The zero-order valence-corrected chi connectivity index (χ0v) is 13.0. The fourth-order valence-corrected chi connectivity index (χ4v) is 2.72. The van der Waals surface area contributed by atoms with Gasteiger partial charge in [0.1, 0.15) is 5.82 Å². The zero-order valence-electron chi connectivity index (χ0n) is 10.7. The third-order valence-corrected chi connectivity index (χ3v) is 3.68. The van der Waals surface area contributed by atoms with Crippen LogP contribution in [0.1, 0.15) is 31.7 Å². The molecule has 0 aromatic heterocycles. The van der Waals surface area contributed by atoms with Crippen LogP contribution in [0.4, 0.5) is 4.39 Å². The minimum atomic E-state index is -0.157. The van der Waals surface area contributed by atoms with Crippen LogP contribution in [0, 0.1) is 11.7 Å². The molecule has 1 aromatic rings. The first kappa shape index (κ1) is 15.9. The lowest BCUT2D eigenvalue weighted by Gasteiger charge is -2.15. The van der Waals surface area contributed by atoms with Crippen LogP contribution in [0.2, 0.25) is 0 Å². The first-order chi connectivity index (χ1) is 8.67. The molecule has 1 N–H and O–H groups in total. The van der Waals surface area contributed by atoms with Gasteiger partial charge in [0.25, 0.3) is 0 Å². The van der Waals surface area contributed by atoms with E-state index in [1.807, 2.05) is 6.07 Å². The number of alkyl halides is 1. The van der Waals surface area contributed by atoms with Crippen molar-refractivity contribution in [2.45, 2.75) is 32.7 Å². The summed E-state index contributed by atoms with van der Waals surface area (Å²) in [5, 5.41) is 3.32. The van der Waals surface area contributed by atoms with E-state index >= 15 is 0 Å². The Kier molecular flexibility index (Phi) is 7.87. The van der Waals surface area contributed by atoms with Crippen molar-refractivity contribution in [1.29, 1.82) is 0 Å². The zero-order chi connectivity index (χ0) is 13.4. The van der Waals surface area contributed by atoms with Gasteiger partial charge in [-0.15, -0.1) is 11.6 Å². The molecule has 18 heavy (non-hydrogen) atoms. The van der Waals surface area contributed by atoms with E-state index in [1.165, 1.54) is 12.5 Å². The standard InChI is InChI=1S/C14H20BrClFN/c1-2-3-11(6-7-16)9-18-10-12-8-13(15)4-5-14(12)17/h4-5,8,11,18H,2-3,6-7,9-10H2,1H3. The van der Waals surface area contributed by atoms with Crippen molar-refractivity contribution < 1.29 is 4.39 Å². The van der Waals surface area contributed by atoms with E-state index in [0.29, 0.717) is 23.9 Å². The highest BCUT2D eigenvalue weighted by Crippen LogP contribution is 2.16. The second-order valence-corrected chi connectivity index (χ2v) is 5.79. The van der Waals surface area contributed by atoms with Gasteiger partial charge in [0, 0.05) is 22.5 Å². The summed E-state index contributed by atoms with van der Waals surface area (Å²) in [5.41, 5.74) is 0.700. The maximum absolute atomic E-state index is 13.5. The summed E-state index contributed by atoms with van der Waals surface area (Å²) in [6, 6.07) is 5.02. The van der Waals surface area contributed by atoms with E-state index in [1.54, 1.807) is 6.07 Å². The molecule has 0 heterocycles. The largest absolute Gasteiger partial charge is 0.312 e. The van der Waals surface area contributed by atoms with Gasteiger partial charge >= 0.3 is 0 Å². The highest BCUT2D eigenvalue weighted by atomic mass is 79.9. The predicted molar refractivity (Wildman–Crippen MR) is 79.5 cm³/mol. The maximum atomic E-state index is 13.5. The lowest BCUT2D eigenvalue weighted by atomic mass is 10.0. The average molecular weight is 337 g/mol. The smallest absolute Gasteiger partial charge is 0.127 e. The molecule has 1 rings (SSSR count). The van der Waals surface area contributed by atoms with Crippen LogP contribution in [-0.2, 0) is 6.54 Å². The van der Waals surface area contributed by atoms with Crippen LogP contribution in [-0.4, -0.2) is 12.4 Å². The Hall–Kier alpha value is -0.120. The van der Waals surface area contributed by atoms with Crippen LogP contribution in [0.15, 0.2) is 22.7 Å². The van der Waals surface area contributed by atoms with Gasteiger partial charge in [0.15, 0.2) is 0 Å². The molecule has 0 radical (unpaired) electrons. The number of benzene rings is 1. The third-order valence-electron chi connectivity index (χ3n) is 2.97. The van der Waals surface area contributed by atoms with Gasteiger partial charge in [-0.05, 0) is 43.5 Å². The Morgan fingerprint density at radius 3 is 2.83 bits per heavy atom. The summed E-state index contributed by atoms with van der Waals surface area (Å²) in [5.74, 6) is 1.12. The van der Waals surface area contributed by atoms with Gasteiger partial charge in [0.05, 0.1) is 0 Å². The number of hydrogen-bond donors (Lipinski definition) is 1. The van der Waals surface area contributed by atoms with Gasteiger partial charge in [-0.2, -0.15) is 0 Å². The molecular formula is C14H20BrClFN. The van der Waals surface area contributed by atoms with E-state index in [-0.39, 0.29) is 5.82 Å². The highest BCUT2D eigenvalue weighted by Gasteiger charge is 2.08. The molecule has 0 aliphatic rings. The van der Waals surface area contributed by atoms with Gasteiger partial charge < -0.3 is 5.32 Å². The van der Waals surface area contributed by atoms with Crippen LogP contribution in [0.3, 0.4) is 0 Å². The minimum absolute atomic E-state index is 0.157. The van der Waals surface area contributed by atoms with Crippen molar-refractivity contribution in [3.63, 3.8) is 0 Å². The molecule has 0 aliphatic carbocycles. The second kappa shape index (κ2) is 8.89. The molecule has 0 saturated heterocycles. The molecular weight excluding hydrogens is 317 g/mol. The molecule has 102 valence electrons. The lowest BCUT2D eigenvalue weighted by Crippen LogP contribution is -2.23. The minimum Gasteiger partial charge on any atom is -0.312 e. The van der Waals surface area contributed by atoms with Gasteiger partial charge in [-0.3, -0.25) is 0 Å². The quantitative estimate of drug-likeness (QED) is 0.677. The fourth-order valence-electron chi connectivity index (χ4n) is 2.00. The second-order valence-electron chi connectivity index (χ2n) is 4.50. The van der Waals surface area contributed by atoms with Crippen molar-refractivity contribution in [1.82, 2.24) is 5.32 Å². The predicted octanol–water partition coefficient (Wildman–Crippen LogP) is 4.72. The van der Waals surface area contributed by atoms with E-state index in [2.05, 4.69) is 28.2 Å². The Balaban J connectivity index is 2.41. The van der Waals surface area contributed by atoms with E-state index < -0.39 is 0 Å². The molecule has 0 amide bonds. The first-order valence-electron chi connectivity index (χ1n) is 6.38. The Labute approximate surface area is 122 Å². The summed E-state index contributed by atoms with van der Waals surface area (Å²) in [7, 11) is 0.